The molecule has 0 aliphatic rings. The summed E-state index contributed by atoms with van der Waals surface area (Å²) < 4.78 is 56.7. The predicted octanol–water partition coefficient (Wildman–Crippen LogP) is 4.54. The second-order valence-electron chi connectivity index (χ2n) is 6.02. The minimum Gasteiger partial charge on any atom is -0.457 e. The van der Waals surface area contributed by atoms with Gasteiger partial charge in [0.2, 0.25) is 5.95 Å². The summed E-state index contributed by atoms with van der Waals surface area (Å²) >= 11 is 0. The number of anilines is 1. The van der Waals surface area contributed by atoms with Crippen molar-refractivity contribution in [2.24, 2.45) is 0 Å². The lowest BCUT2D eigenvalue weighted by molar-refractivity contribution is -0.137. The molecule has 0 saturated heterocycles. The van der Waals surface area contributed by atoms with E-state index >= 15 is 0 Å². The molecule has 0 atom stereocenters. The van der Waals surface area contributed by atoms with Crippen LogP contribution >= 0.6 is 0 Å². The molecule has 0 bridgehead atoms. The number of hydrogen-bond donors (Lipinski definition) is 2. The van der Waals surface area contributed by atoms with Gasteiger partial charge in [0.05, 0.1) is 11.1 Å². The smallest absolute Gasteiger partial charge is 0.416 e. The van der Waals surface area contributed by atoms with Gasteiger partial charge in [-0.15, -0.1) is 0 Å². The van der Waals surface area contributed by atoms with Gasteiger partial charge in [-0.05, 0) is 48.0 Å². The number of amides is 1. The molecule has 150 valence electrons. The van der Waals surface area contributed by atoms with Gasteiger partial charge in [-0.2, -0.15) is 17.6 Å². The second kappa shape index (κ2) is 8.17. The van der Waals surface area contributed by atoms with Gasteiger partial charge in [0, 0.05) is 6.54 Å². The molecular formula is C20H15F4N3O2. The lowest BCUT2D eigenvalue weighted by Gasteiger charge is -2.11. The van der Waals surface area contributed by atoms with Crippen LogP contribution in [0.25, 0.3) is 0 Å². The predicted molar refractivity (Wildman–Crippen MR) is 97.7 cm³/mol. The Morgan fingerprint density at radius 3 is 2.41 bits per heavy atom. The fourth-order valence-electron chi connectivity index (χ4n) is 2.47. The first-order valence-corrected chi connectivity index (χ1v) is 8.36. The molecule has 0 aliphatic carbocycles. The summed E-state index contributed by atoms with van der Waals surface area (Å²) in [4.78, 5) is 15.5. The summed E-state index contributed by atoms with van der Waals surface area (Å²) in [6.45, 7) is 0.152. The third-order valence-corrected chi connectivity index (χ3v) is 3.91. The molecular weight excluding hydrogens is 390 g/mol. The Balaban J connectivity index is 1.61. The van der Waals surface area contributed by atoms with Crippen molar-refractivity contribution in [2.45, 2.75) is 12.7 Å². The van der Waals surface area contributed by atoms with Crippen molar-refractivity contribution in [1.29, 1.82) is 0 Å². The van der Waals surface area contributed by atoms with Crippen molar-refractivity contribution in [3.63, 3.8) is 0 Å². The molecule has 29 heavy (non-hydrogen) atoms. The molecule has 3 rings (SSSR count). The summed E-state index contributed by atoms with van der Waals surface area (Å²) in [6.07, 6.45) is -4.45. The average Bonchev–Trinajstić information content (AvgIpc) is 2.67. The summed E-state index contributed by atoms with van der Waals surface area (Å²) in [5, 5.41) is 2.62. The van der Waals surface area contributed by atoms with Crippen LogP contribution in [0, 0.1) is 5.95 Å². The maximum absolute atomic E-state index is 12.9. The number of rotatable bonds is 5. The monoisotopic (exact) mass is 405 g/mol. The summed E-state index contributed by atoms with van der Waals surface area (Å²) in [5.74, 6) is -1.12. The summed E-state index contributed by atoms with van der Waals surface area (Å²) in [7, 11) is 0. The Hall–Kier alpha value is -3.62. The van der Waals surface area contributed by atoms with E-state index in [1.807, 2.05) is 0 Å². The van der Waals surface area contributed by atoms with Crippen LogP contribution < -0.4 is 15.8 Å². The lowest BCUT2D eigenvalue weighted by Crippen LogP contribution is -2.24. The maximum atomic E-state index is 12.9. The third kappa shape index (κ3) is 5.22. The van der Waals surface area contributed by atoms with Crippen LogP contribution in [0.1, 0.15) is 21.5 Å². The fraction of sp³-hybridized carbons (Fsp3) is 0.100. The number of benzene rings is 2. The fourth-order valence-corrected chi connectivity index (χ4v) is 2.47. The first-order chi connectivity index (χ1) is 13.7. The van der Waals surface area contributed by atoms with Crippen molar-refractivity contribution >= 4 is 11.7 Å². The van der Waals surface area contributed by atoms with Crippen molar-refractivity contribution in [2.75, 3.05) is 5.73 Å². The maximum Gasteiger partial charge on any atom is 0.416 e. The highest BCUT2D eigenvalue weighted by Crippen LogP contribution is 2.32. The van der Waals surface area contributed by atoms with Gasteiger partial charge in [-0.25, -0.2) is 4.98 Å². The number of nitrogens with one attached hydrogen (secondary N) is 1. The molecule has 5 nitrogen and oxygen atoms in total. The number of pyridine rings is 1. The van der Waals surface area contributed by atoms with Crippen molar-refractivity contribution in [3.8, 4) is 11.5 Å². The molecule has 1 aromatic heterocycles. The van der Waals surface area contributed by atoms with E-state index in [1.54, 1.807) is 24.3 Å². The minimum absolute atomic E-state index is 0.0518. The molecule has 1 heterocycles. The van der Waals surface area contributed by atoms with Crippen LogP contribution in [-0.2, 0) is 12.7 Å². The molecule has 0 unspecified atom stereocenters. The standard InChI is InChI=1S/C20H15F4N3O2/c21-17-9-8-16(18(25)27-17)19(28)26-11-12-4-6-14(7-5-12)29-15-3-1-2-13(10-15)20(22,23)24/h1-10H,11H2,(H2,25,27)(H,26,28). The van der Waals surface area contributed by atoms with E-state index in [1.165, 1.54) is 18.2 Å². The number of alkyl halides is 3. The Bertz CT molecular complexity index is 1020. The molecule has 1 amide bonds. The summed E-state index contributed by atoms with van der Waals surface area (Å²) in [6, 6.07) is 13.3. The largest absolute Gasteiger partial charge is 0.457 e. The summed E-state index contributed by atoms with van der Waals surface area (Å²) in [5.41, 5.74) is 5.48. The lowest BCUT2D eigenvalue weighted by atomic mass is 10.2. The normalized spacial score (nSPS) is 11.2. The van der Waals surface area contributed by atoms with Gasteiger partial charge in [-0.1, -0.05) is 18.2 Å². The average molecular weight is 405 g/mol. The van der Waals surface area contributed by atoms with Crippen LogP contribution in [-0.4, -0.2) is 10.9 Å². The van der Waals surface area contributed by atoms with Crippen molar-refractivity contribution < 1.29 is 27.1 Å². The van der Waals surface area contributed by atoms with Gasteiger partial charge in [0.15, 0.2) is 0 Å². The van der Waals surface area contributed by atoms with E-state index in [0.717, 1.165) is 18.2 Å². The van der Waals surface area contributed by atoms with E-state index in [4.69, 9.17) is 10.5 Å². The number of aromatic nitrogens is 1. The SMILES string of the molecule is Nc1nc(F)ccc1C(=O)NCc1ccc(Oc2cccc(C(F)(F)F)c2)cc1. The molecule has 0 aliphatic heterocycles. The molecule has 0 fully saturated rings. The van der Waals surface area contributed by atoms with E-state index in [9.17, 15) is 22.4 Å². The highest BCUT2D eigenvalue weighted by Gasteiger charge is 2.30. The highest BCUT2D eigenvalue weighted by atomic mass is 19.4. The molecule has 9 heteroatoms. The number of hydrogen-bond acceptors (Lipinski definition) is 4. The molecule has 0 saturated carbocycles. The van der Waals surface area contributed by atoms with E-state index < -0.39 is 23.6 Å². The quantitative estimate of drug-likeness (QED) is 0.483. The molecule has 3 aromatic rings. The van der Waals surface area contributed by atoms with Gasteiger partial charge in [0.1, 0.15) is 17.3 Å². The Labute approximate surface area is 163 Å². The number of carbonyl (C=O) groups excluding carboxylic acids is 1. The van der Waals surface area contributed by atoms with Crippen molar-refractivity contribution in [1.82, 2.24) is 10.3 Å². The second-order valence-corrected chi connectivity index (χ2v) is 6.02. The van der Waals surface area contributed by atoms with Crippen LogP contribution in [0.4, 0.5) is 23.4 Å². The Morgan fingerprint density at radius 1 is 1.03 bits per heavy atom. The topological polar surface area (TPSA) is 77.2 Å². The van der Waals surface area contributed by atoms with Gasteiger partial charge in [-0.3, -0.25) is 4.79 Å². The zero-order chi connectivity index (χ0) is 21.0. The first kappa shape index (κ1) is 20.1. The first-order valence-electron chi connectivity index (χ1n) is 8.36. The molecule has 3 N–H and O–H groups in total. The molecule has 0 radical (unpaired) electrons. The van der Waals surface area contributed by atoms with Crippen LogP contribution in [0.15, 0.2) is 60.7 Å². The van der Waals surface area contributed by atoms with Gasteiger partial charge < -0.3 is 15.8 Å². The van der Waals surface area contributed by atoms with Crippen molar-refractivity contribution in [3.05, 3.63) is 83.3 Å². The number of ether oxygens (including phenoxy) is 1. The highest BCUT2D eigenvalue weighted by molar-refractivity contribution is 5.98. The van der Waals surface area contributed by atoms with E-state index in [2.05, 4.69) is 10.3 Å². The molecule has 0 spiro atoms. The van der Waals surface area contributed by atoms with Gasteiger partial charge >= 0.3 is 6.18 Å². The third-order valence-electron chi connectivity index (χ3n) is 3.91. The Morgan fingerprint density at radius 2 is 1.76 bits per heavy atom. The molecule has 2 aromatic carbocycles. The Kier molecular flexibility index (Phi) is 5.67. The van der Waals surface area contributed by atoms with Gasteiger partial charge in [0.25, 0.3) is 5.91 Å². The van der Waals surface area contributed by atoms with Crippen LogP contribution in [0.2, 0.25) is 0 Å². The van der Waals surface area contributed by atoms with E-state index in [-0.39, 0.29) is 23.7 Å². The van der Waals surface area contributed by atoms with Crippen LogP contribution in [0.3, 0.4) is 0 Å². The zero-order valence-corrected chi connectivity index (χ0v) is 14.8. The minimum atomic E-state index is -4.45. The van der Waals surface area contributed by atoms with Crippen LogP contribution in [0.5, 0.6) is 11.5 Å². The number of carbonyl (C=O) groups is 1. The zero-order valence-electron chi connectivity index (χ0n) is 14.8. The number of nitrogens with zero attached hydrogens (tertiary/aromatic N) is 1. The number of nitrogen functional groups attached to an aromatic ring is 1. The van der Waals surface area contributed by atoms with E-state index in [0.29, 0.717) is 11.3 Å². The number of halogens is 4. The number of nitrogens with two attached hydrogens (primary N) is 1.